The van der Waals surface area contributed by atoms with Crippen LogP contribution in [0.3, 0.4) is 0 Å². The van der Waals surface area contributed by atoms with Crippen LogP contribution >= 0.6 is 11.8 Å². The van der Waals surface area contributed by atoms with Crippen molar-refractivity contribution in [2.45, 2.75) is 39.3 Å². The summed E-state index contributed by atoms with van der Waals surface area (Å²) in [6.07, 6.45) is 2.16. The molecule has 0 saturated carbocycles. The van der Waals surface area contributed by atoms with Crippen LogP contribution in [0.1, 0.15) is 26.7 Å². The molecule has 0 spiro atoms. The summed E-state index contributed by atoms with van der Waals surface area (Å²) in [4.78, 5) is 24.5. The van der Waals surface area contributed by atoms with Gasteiger partial charge in [-0.25, -0.2) is 4.79 Å². The van der Waals surface area contributed by atoms with E-state index >= 15 is 0 Å². The Bertz CT molecular complexity index is 615. The van der Waals surface area contributed by atoms with E-state index in [0.717, 1.165) is 23.2 Å². The molecule has 2 rings (SSSR count). The van der Waals surface area contributed by atoms with Gasteiger partial charge in [-0.2, -0.15) is 11.8 Å². The molecule has 0 amide bonds. The lowest BCUT2D eigenvalue weighted by molar-refractivity contribution is 0.493. The molecule has 118 valence electrons. The van der Waals surface area contributed by atoms with Crippen molar-refractivity contribution in [1.82, 2.24) is 9.13 Å². The molecular formula is C14H24N4O2S. The first kappa shape index (κ1) is 16.0. The second kappa shape index (κ2) is 6.60. The number of nitrogens with zero attached hydrogens (tertiary/aromatic N) is 2. The maximum Gasteiger partial charge on any atom is 0.332 e. The van der Waals surface area contributed by atoms with E-state index in [1.165, 1.54) is 17.4 Å². The number of rotatable bonds is 4. The molecule has 1 aliphatic rings. The third-order valence-corrected chi connectivity index (χ3v) is 4.86. The number of nitrogens with two attached hydrogens (primary N) is 1. The second-order valence-corrected chi connectivity index (χ2v) is 7.12. The molecule has 6 nitrogen and oxygen atoms in total. The van der Waals surface area contributed by atoms with Crippen molar-refractivity contribution in [2.24, 2.45) is 13.0 Å². The second-order valence-electron chi connectivity index (χ2n) is 5.97. The molecular weight excluding hydrogens is 288 g/mol. The lowest BCUT2D eigenvalue weighted by Gasteiger charge is -2.25. The number of nitrogens with one attached hydrogen (secondary N) is 1. The van der Waals surface area contributed by atoms with Crippen molar-refractivity contribution in [3.8, 4) is 0 Å². The Morgan fingerprint density at radius 2 is 2.14 bits per heavy atom. The number of thioether (sulfide) groups is 1. The molecule has 1 atom stereocenters. The highest BCUT2D eigenvalue weighted by atomic mass is 32.2. The van der Waals surface area contributed by atoms with Crippen LogP contribution in [0.4, 0.5) is 11.5 Å². The zero-order chi connectivity index (χ0) is 15.6. The van der Waals surface area contributed by atoms with Gasteiger partial charge in [-0.1, -0.05) is 13.8 Å². The van der Waals surface area contributed by atoms with Gasteiger partial charge in [-0.15, -0.1) is 0 Å². The zero-order valence-corrected chi connectivity index (χ0v) is 13.7. The molecule has 1 unspecified atom stereocenters. The maximum atomic E-state index is 12.3. The summed E-state index contributed by atoms with van der Waals surface area (Å²) >= 11 is 1.88. The topological polar surface area (TPSA) is 82.0 Å². The van der Waals surface area contributed by atoms with E-state index in [1.807, 2.05) is 25.6 Å². The monoisotopic (exact) mass is 312 g/mol. The van der Waals surface area contributed by atoms with Gasteiger partial charge in [-0.3, -0.25) is 13.9 Å². The minimum atomic E-state index is -0.352. The molecule has 21 heavy (non-hydrogen) atoms. The summed E-state index contributed by atoms with van der Waals surface area (Å²) in [6, 6.07) is 0.240. The first-order valence-electron chi connectivity index (χ1n) is 7.35. The Hall–Kier alpha value is -1.37. The van der Waals surface area contributed by atoms with Crippen molar-refractivity contribution in [2.75, 3.05) is 22.6 Å². The van der Waals surface area contributed by atoms with Crippen LogP contribution in [0.25, 0.3) is 0 Å². The molecule has 1 aromatic heterocycles. The summed E-state index contributed by atoms with van der Waals surface area (Å²) in [5.41, 5.74) is 5.77. The molecule has 0 bridgehead atoms. The van der Waals surface area contributed by atoms with Crippen LogP contribution < -0.4 is 22.3 Å². The summed E-state index contributed by atoms with van der Waals surface area (Å²) in [6.45, 7) is 4.54. The van der Waals surface area contributed by atoms with Gasteiger partial charge in [-0.05, 0) is 24.5 Å². The molecule has 1 aliphatic heterocycles. The first-order valence-corrected chi connectivity index (χ1v) is 8.50. The SMILES string of the molecule is CC(C)Cn1c(N)c(NC2CCCSC2)c(=O)n(C)c1=O. The fourth-order valence-corrected chi connectivity index (χ4v) is 3.59. The van der Waals surface area contributed by atoms with E-state index < -0.39 is 0 Å². The predicted molar refractivity (Wildman–Crippen MR) is 89.2 cm³/mol. The Morgan fingerprint density at radius 3 is 2.71 bits per heavy atom. The molecule has 7 heteroatoms. The smallest absolute Gasteiger partial charge is 0.332 e. The Morgan fingerprint density at radius 1 is 1.43 bits per heavy atom. The minimum absolute atomic E-state index is 0.240. The molecule has 0 radical (unpaired) electrons. The zero-order valence-electron chi connectivity index (χ0n) is 12.9. The van der Waals surface area contributed by atoms with Gasteiger partial charge in [0.25, 0.3) is 5.56 Å². The lowest BCUT2D eigenvalue weighted by atomic mass is 10.2. The molecule has 2 heterocycles. The third-order valence-electron chi connectivity index (χ3n) is 3.64. The van der Waals surface area contributed by atoms with E-state index in [9.17, 15) is 9.59 Å². The van der Waals surface area contributed by atoms with E-state index in [2.05, 4.69) is 5.32 Å². The summed E-state index contributed by atoms with van der Waals surface area (Å²) in [5.74, 6) is 2.66. The van der Waals surface area contributed by atoms with Gasteiger partial charge in [0.1, 0.15) is 11.5 Å². The van der Waals surface area contributed by atoms with Gasteiger partial charge in [0.05, 0.1) is 0 Å². The van der Waals surface area contributed by atoms with Crippen molar-refractivity contribution < 1.29 is 0 Å². The summed E-state index contributed by atoms with van der Waals surface area (Å²) < 4.78 is 2.63. The molecule has 3 N–H and O–H groups in total. The molecule has 1 fully saturated rings. The number of hydrogen-bond donors (Lipinski definition) is 2. The predicted octanol–water partition coefficient (Wildman–Crippen LogP) is 1.09. The first-order chi connectivity index (χ1) is 9.91. The maximum absolute atomic E-state index is 12.3. The third kappa shape index (κ3) is 3.45. The number of anilines is 2. The molecule has 1 aromatic rings. The summed E-state index contributed by atoms with van der Waals surface area (Å²) in [7, 11) is 1.50. The molecule has 0 aliphatic carbocycles. The highest BCUT2D eigenvalue weighted by molar-refractivity contribution is 7.99. The van der Waals surface area contributed by atoms with Crippen molar-refractivity contribution >= 4 is 23.3 Å². The van der Waals surface area contributed by atoms with E-state index in [4.69, 9.17) is 5.73 Å². The van der Waals surface area contributed by atoms with Crippen molar-refractivity contribution in [3.63, 3.8) is 0 Å². The largest absolute Gasteiger partial charge is 0.383 e. The number of hydrogen-bond acceptors (Lipinski definition) is 5. The highest BCUT2D eigenvalue weighted by Crippen LogP contribution is 2.21. The van der Waals surface area contributed by atoms with Crippen LogP contribution in [0.2, 0.25) is 0 Å². The number of nitrogen functional groups attached to an aromatic ring is 1. The Balaban J connectivity index is 2.42. The van der Waals surface area contributed by atoms with Gasteiger partial charge < -0.3 is 11.1 Å². The highest BCUT2D eigenvalue weighted by Gasteiger charge is 2.20. The average Bonchev–Trinajstić information content (AvgIpc) is 2.47. The van der Waals surface area contributed by atoms with Crippen LogP contribution in [-0.2, 0) is 13.6 Å². The Kier molecular flexibility index (Phi) is 5.03. The quantitative estimate of drug-likeness (QED) is 0.870. The molecule has 1 saturated heterocycles. The lowest BCUT2D eigenvalue weighted by Crippen LogP contribution is -2.42. The normalized spacial score (nSPS) is 19.0. The fourth-order valence-electron chi connectivity index (χ4n) is 2.52. The van der Waals surface area contributed by atoms with E-state index in [0.29, 0.717) is 12.2 Å². The standard InChI is InChI=1S/C14H24N4O2S/c1-9(2)7-18-12(15)11(13(19)17(3)14(18)20)16-10-5-4-6-21-8-10/h9-10,16H,4-8,15H2,1-3H3. The van der Waals surface area contributed by atoms with Crippen molar-refractivity contribution in [1.29, 1.82) is 0 Å². The minimum Gasteiger partial charge on any atom is -0.383 e. The average molecular weight is 312 g/mol. The van der Waals surface area contributed by atoms with Crippen LogP contribution in [0, 0.1) is 5.92 Å². The fraction of sp³-hybridized carbons (Fsp3) is 0.714. The van der Waals surface area contributed by atoms with Gasteiger partial charge in [0.15, 0.2) is 0 Å². The van der Waals surface area contributed by atoms with Crippen LogP contribution in [-0.4, -0.2) is 26.7 Å². The number of aromatic nitrogens is 2. The van der Waals surface area contributed by atoms with Gasteiger partial charge in [0.2, 0.25) is 0 Å². The van der Waals surface area contributed by atoms with Crippen LogP contribution in [0.15, 0.2) is 9.59 Å². The van der Waals surface area contributed by atoms with E-state index in [1.54, 1.807) is 0 Å². The Labute approximate surface area is 128 Å². The van der Waals surface area contributed by atoms with Gasteiger partial charge in [0, 0.05) is 25.4 Å². The van der Waals surface area contributed by atoms with Gasteiger partial charge >= 0.3 is 5.69 Å². The van der Waals surface area contributed by atoms with Crippen LogP contribution in [0.5, 0.6) is 0 Å². The summed E-state index contributed by atoms with van der Waals surface area (Å²) in [5, 5.41) is 3.26. The van der Waals surface area contributed by atoms with E-state index in [-0.39, 0.29) is 29.0 Å². The van der Waals surface area contributed by atoms with Crippen molar-refractivity contribution in [3.05, 3.63) is 20.8 Å². The molecule has 0 aromatic carbocycles.